The van der Waals surface area contributed by atoms with Crippen LogP contribution in [0.2, 0.25) is 0 Å². The maximum Gasteiger partial charge on any atom is 0.228 e. The van der Waals surface area contributed by atoms with Gasteiger partial charge in [0.1, 0.15) is 0 Å². The van der Waals surface area contributed by atoms with Crippen molar-refractivity contribution < 1.29 is 4.52 Å². The Morgan fingerprint density at radius 3 is 2.56 bits per heavy atom. The van der Waals surface area contributed by atoms with Crippen LogP contribution in [-0.2, 0) is 12.8 Å². The van der Waals surface area contributed by atoms with E-state index in [1.807, 2.05) is 30.3 Å². The van der Waals surface area contributed by atoms with E-state index in [2.05, 4.69) is 24.0 Å². The van der Waals surface area contributed by atoms with Gasteiger partial charge in [-0.15, -0.1) is 0 Å². The van der Waals surface area contributed by atoms with E-state index in [4.69, 9.17) is 10.3 Å². The van der Waals surface area contributed by atoms with E-state index in [0.717, 1.165) is 17.8 Å². The first-order valence-corrected chi connectivity index (χ1v) is 6.27. The molecule has 2 aromatic rings. The summed E-state index contributed by atoms with van der Waals surface area (Å²) in [7, 11) is 0. The highest BCUT2D eigenvalue weighted by molar-refractivity contribution is 5.19. The van der Waals surface area contributed by atoms with Gasteiger partial charge in [0.25, 0.3) is 0 Å². The van der Waals surface area contributed by atoms with E-state index in [0.29, 0.717) is 18.2 Å². The van der Waals surface area contributed by atoms with Crippen LogP contribution < -0.4 is 5.73 Å². The van der Waals surface area contributed by atoms with Gasteiger partial charge in [-0.3, -0.25) is 0 Å². The lowest BCUT2D eigenvalue weighted by molar-refractivity contribution is 0.363. The standard InChI is InChI=1S/C14H19N3O/c1-10(2)8-13-16-14(18-17-13)9-12(15)11-6-4-3-5-7-11/h3-7,10,12H,8-9,15H2,1-2H3. The van der Waals surface area contributed by atoms with E-state index in [1.165, 1.54) is 0 Å². The normalized spacial score (nSPS) is 12.9. The smallest absolute Gasteiger partial charge is 0.228 e. The van der Waals surface area contributed by atoms with Crippen LogP contribution in [-0.4, -0.2) is 10.1 Å². The van der Waals surface area contributed by atoms with Crippen LogP contribution in [0.3, 0.4) is 0 Å². The summed E-state index contributed by atoms with van der Waals surface area (Å²) in [5, 5.41) is 3.96. The Balaban J connectivity index is 1.99. The summed E-state index contributed by atoms with van der Waals surface area (Å²) < 4.78 is 5.22. The van der Waals surface area contributed by atoms with E-state index in [-0.39, 0.29) is 6.04 Å². The van der Waals surface area contributed by atoms with E-state index in [1.54, 1.807) is 0 Å². The molecule has 0 aliphatic heterocycles. The van der Waals surface area contributed by atoms with Gasteiger partial charge < -0.3 is 10.3 Å². The van der Waals surface area contributed by atoms with Gasteiger partial charge in [-0.2, -0.15) is 4.98 Å². The average molecular weight is 245 g/mol. The van der Waals surface area contributed by atoms with Crippen LogP contribution in [0.15, 0.2) is 34.9 Å². The molecule has 1 aromatic heterocycles. The molecule has 0 amide bonds. The molecule has 0 bridgehead atoms. The third kappa shape index (κ3) is 3.40. The summed E-state index contributed by atoms with van der Waals surface area (Å²) in [5.74, 6) is 1.90. The Kier molecular flexibility index (Phi) is 4.10. The molecule has 1 atom stereocenters. The molecular formula is C14H19N3O. The summed E-state index contributed by atoms with van der Waals surface area (Å²) in [5.41, 5.74) is 7.19. The fraction of sp³-hybridized carbons (Fsp3) is 0.429. The van der Waals surface area contributed by atoms with E-state index < -0.39 is 0 Å². The van der Waals surface area contributed by atoms with Crippen LogP contribution in [0.5, 0.6) is 0 Å². The molecule has 0 saturated heterocycles. The summed E-state index contributed by atoms with van der Waals surface area (Å²) in [4.78, 5) is 4.36. The number of nitrogens with two attached hydrogens (primary N) is 1. The molecule has 1 aromatic carbocycles. The monoisotopic (exact) mass is 245 g/mol. The quantitative estimate of drug-likeness (QED) is 0.879. The second-order valence-electron chi connectivity index (χ2n) is 4.92. The number of nitrogens with zero attached hydrogens (tertiary/aromatic N) is 2. The van der Waals surface area contributed by atoms with E-state index >= 15 is 0 Å². The third-order valence-corrected chi connectivity index (χ3v) is 2.72. The largest absolute Gasteiger partial charge is 0.339 e. The zero-order chi connectivity index (χ0) is 13.0. The molecule has 0 aliphatic carbocycles. The maximum absolute atomic E-state index is 6.11. The molecule has 2 rings (SSSR count). The van der Waals surface area contributed by atoms with Gasteiger partial charge in [-0.05, 0) is 11.5 Å². The van der Waals surface area contributed by atoms with Crippen molar-refractivity contribution in [1.29, 1.82) is 0 Å². The van der Waals surface area contributed by atoms with Gasteiger partial charge in [0, 0.05) is 18.9 Å². The van der Waals surface area contributed by atoms with Crippen LogP contribution in [0.25, 0.3) is 0 Å². The van der Waals surface area contributed by atoms with Crippen molar-refractivity contribution in [3.63, 3.8) is 0 Å². The van der Waals surface area contributed by atoms with Gasteiger partial charge in [0.2, 0.25) is 5.89 Å². The number of hydrogen-bond acceptors (Lipinski definition) is 4. The zero-order valence-corrected chi connectivity index (χ0v) is 10.8. The van der Waals surface area contributed by atoms with Gasteiger partial charge in [-0.25, -0.2) is 0 Å². The average Bonchev–Trinajstić information content (AvgIpc) is 2.76. The fourth-order valence-electron chi connectivity index (χ4n) is 1.83. The maximum atomic E-state index is 6.11. The van der Waals surface area contributed by atoms with Crippen molar-refractivity contribution in [2.45, 2.75) is 32.7 Å². The number of hydrogen-bond donors (Lipinski definition) is 1. The topological polar surface area (TPSA) is 64.9 Å². The molecule has 1 heterocycles. The van der Waals surface area contributed by atoms with Gasteiger partial charge >= 0.3 is 0 Å². The first-order chi connectivity index (χ1) is 8.65. The molecular weight excluding hydrogens is 226 g/mol. The summed E-state index contributed by atoms with van der Waals surface area (Å²) in [6.07, 6.45) is 1.42. The zero-order valence-electron chi connectivity index (χ0n) is 10.8. The Hall–Kier alpha value is -1.68. The molecule has 0 saturated carbocycles. The van der Waals surface area contributed by atoms with E-state index in [9.17, 15) is 0 Å². The first-order valence-electron chi connectivity index (χ1n) is 6.27. The van der Waals surface area contributed by atoms with Crippen molar-refractivity contribution >= 4 is 0 Å². The molecule has 1 unspecified atom stereocenters. The lowest BCUT2D eigenvalue weighted by atomic mass is 10.1. The summed E-state index contributed by atoms with van der Waals surface area (Å²) in [6, 6.07) is 9.86. The first kappa shape index (κ1) is 12.8. The molecule has 0 fully saturated rings. The molecule has 0 spiro atoms. The predicted molar refractivity (Wildman–Crippen MR) is 69.9 cm³/mol. The molecule has 2 N–H and O–H groups in total. The molecule has 0 aliphatic rings. The summed E-state index contributed by atoms with van der Waals surface area (Å²) in [6.45, 7) is 4.26. The van der Waals surface area contributed by atoms with Gasteiger partial charge in [0.15, 0.2) is 5.82 Å². The minimum absolute atomic E-state index is 0.0986. The molecule has 96 valence electrons. The minimum Gasteiger partial charge on any atom is -0.339 e. The summed E-state index contributed by atoms with van der Waals surface area (Å²) >= 11 is 0. The van der Waals surface area contributed by atoms with Crippen molar-refractivity contribution in [3.8, 4) is 0 Å². The van der Waals surface area contributed by atoms with Gasteiger partial charge in [0.05, 0.1) is 0 Å². The SMILES string of the molecule is CC(C)Cc1noc(CC(N)c2ccccc2)n1. The van der Waals surface area contributed by atoms with Gasteiger partial charge in [-0.1, -0.05) is 49.3 Å². The highest BCUT2D eigenvalue weighted by Gasteiger charge is 2.13. The van der Waals surface area contributed by atoms with Crippen molar-refractivity contribution in [2.75, 3.05) is 0 Å². The molecule has 18 heavy (non-hydrogen) atoms. The fourth-order valence-corrected chi connectivity index (χ4v) is 1.83. The van der Waals surface area contributed by atoms with Crippen LogP contribution in [0, 0.1) is 5.92 Å². The number of benzene rings is 1. The van der Waals surface area contributed by atoms with Crippen LogP contribution in [0.4, 0.5) is 0 Å². The van der Waals surface area contributed by atoms with Crippen molar-refractivity contribution in [3.05, 3.63) is 47.6 Å². The second kappa shape index (κ2) is 5.78. The predicted octanol–water partition coefficient (Wildman–Crippen LogP) is 2.51. The Labute approximate surface area is 107 Å². The van der Waals surface area contributed by atoms with Crippen molar-refractivity contribution in [2.24, 2.45) is 11.7 Å². The van der Waals surface area contributed by atoms with Crippen LogP contribution >= 0.6 is 0 Å². The Bertz CT molecular complexity index is 479. The highest BCUT2D eigenvalue weighted by Crippen LogP contribution is 2.15. The second-order valence-corrected chi connectivity index (χ2v) is 4.92. The highest BCUT2D eigenvalue weighted by atomic mass is 16.5. The molecule has 4 nitrogen and oxygen atoms in total. The lowest BCUT2D eigenvalue weighted by Gasteiger charge is -2.08. The van der Waals surface area contributed by atoms with Crippen molar-refractivity contribution in [1.82, 2.24) is 10.1 Å². The molecule has 4 heteroatoms. The Morgan fingerprint density at radius 1 is 1.17 bits per heavy atom. The molecule has 0 radical (unpaired) electrons. The number of aromatic nitrogens is 2. The minimum atomic E-state index is -0.0986. The Morgan fingerprint density at radius 2 is 1.89 bits per heavy atom. The van der Waals surface area contributed by atoms with Crippen LogP contribution in [0.1, 0.15) is 37.2 Å². The number of rotatable bonds is 5. The lowest BCUT2D eigenvalue weighted by Crippen LogP contribution is -2.13. The third-order valence-electron chi connectivity index (χ3n) is 2.72.